The number of nitrogens with one attached hydrogen (secondary N) is 1. The van der Waals surface area contributed by atoms with Crippen LogP contribution in [0, 0.1) is 0 Å². The summed E-state index contributed by atoms with van der Waals surface area (Å²) in [6, 6.07) is 19.2. The van der Waals surface area contributed by atoms with E-state index in [1.807, 2.05) is 25.1 Å². The molecule has 10 heteroatoms. The van der Waals surface area contributed by atoms with Crippen LogP contribution in [0.1, 0.15) is 17.3 Å². The Bertz CT molecular complexity index is 1310. The Morgan fingerprint density at radius 2 is 1.63 bits per heavy atom. The maximum Gasteiger partial charge on any atom is 0.338 e. The standard InChI is InChI=1S/C25H24N2O7S/c1-2-27(20-6-4-3-5-7-20)24(28)17-34-25(29)18-8-10-19(11-9-18)26-35(30,31)21-12-13-22-23(16-21)33-15-14-32-22/h3-13,16,26H,2,14-15,17H2,1H3. The second kappa shape index (κ2) is 10.5. The molecule has 0 bridgehead atoms. The minimum absolute atomic E-state index is 0.0163. The number of nitrogens with zero attached hydrogens (tertiary/aromatic N) is 1. The summed E-state index contributed by atoms with van der Waals surface area (Å²) in [5.41, 5.74) is 1.15. The Kier molecular flexibility index (Phi) is 7.21. The number of likely N-dealkylation sites (N-methyl/N-ethyl adjacent to an activating group) is 1. The SMILES string of the molecule is CCN(C(=O)COC(=O)c1ccc(NS(=O)(=O)c2ccc3c(c2)OCCO3)cc1)c1ccccc1. The summed E-state index contributed by atoms with van der Waals surface area (Å²) in [6.07, 6.45) is 0. The number of benzene rings is 3. The van der Waals surface area contributed by atoms with Crippen LogP contribution in [0.15, 0.2) is 77.7 Å². The number of para-hydroxylation sites is 1. The highest BCUT2D eigenvalue weighted by molar-refractivity contribution is 7.92. The highest BCUT2D eigenvalue weighted by Crippen LogP contribution is 2.32. The largest absolute Gasteiger partial charge is 0.486 e. The molecule has 0 aliphatic carbocycles. The van der Waals surface area contributed by atoms with E-state index >= 15 is 0 Å². The summed E-state index contributed by atoms with van der Waals surface area (Å²) in [5, 5.41) is 0. The average Bonchev–Trinajstić information content (AvgIpc) is 2.88. The van der Waals surface area contributed by atoms with E-state index in [2.05, 4.69) is 4.72 Å². The Labute approximate surface area is 203 Å². The summed E-state index contributed by atoms with van der Waals surface area (Å²) in [7, 11) is -3.89. The normalized spacial score (nSPS) is 12.5. The molecule has 3 aromatic carbocycles. The molecular weight excluding hydrogens is 472 g/mol. The lowest BCUT2D eigenvalue weighted by molar-refractivity contribution is -0.121. The zero-order chi connectivity index (χ0) is 24.8. The predicted octanol–water partition coefficient (Wildman–Crippen LogP) is 3.47. The molecule has 4 rings (SSSR count). The number of hydrogen-bond acceptors (Lipinski definition) is 7. The van der Waals surface area contributed by atoms with Gasteiger partial charge in [0.1, 0.15) is 13.2 Å². The van der Waals surface area contributed by atoms with Crippen molar-refractivity contribution in [3.8, 4) is 11.5 Å². The van der Waals surface area contributed by atoms with Crippen LogP contribution in [-0.4, -0.2) is 46.7 Å². The minimum atomic E-state index is -3.89. The molecule has 1 N–H and O–H groups in total. The van der Waals surface area contributed by atoms with Gasteiger partial charge in [-0.05, 0) is 55.5 Å². The Hall–Kier alpha value is -4.05. The van der Waals surface area contributed by atoms with Crippen molar-refractivity contribution in [1.29, 1.82) is 0 Å². The number of hydrogen-bond donors (Lipinski definition) is 1. The van der Waals surface area contributed by atoms with Crippen LogP contribution in [0.2, 0.25) is 0 Å². The van der Waals surface area contributed by atoms with Gasteiger partial charge in [-0.1, -0.05) is 18.2 Å². The van der Waals surface area contributed by atoms with Crippen molar-refractivity contribution < 1.29 is 32.2 Å². The molecular formula is C25H24N2O7S. The third-order valence-corrected chi connectivity index (χ3v) is 6.59. The van der Waals surface area contributed by atoms with Crippen LogP contribution in [-0.2, 0) is 19.6 Å². The van der Waals surface area contributed by atoms with E-state index < -0.39 is 22.6 Å². The van der Waals surface area contributed by atoms with Crippen molar-refractivity contribution in [3.63, 3.8) is 0 Å². The summed E-state index contributed by atoms with van der Waals surface area (Å²) in [4.78, 5) is 26.4. The molecule has 3 aromatic rings. The van der Waals surface area contributed by atoms with E-state index in [1.165, 1.54) is 41.3 Å². The lowest BCUT2D eigenvalue weighted by Crippen LogP contribution is -2.34. The Morgan fingerprint density at radius 1 is 0.943 bits per heavy atom. The molecule has 0 aromatic heterocycles. The number of esters is 1. The minimum Gasteiger partial charge on any atom is -0.486 e. The molecule has 0 spiro atoms. The number of fused-ring (bicyclic) bond motifs is 1. The molecule has 1 aliphatic heterocycles. The van der Waals surface area contributed by atoms with Crippen molar-refractivity contribution in [2.45, 2.75) is 11.8 Å². The number of carbonyl (C=O) groups is 2. The first-order chi connectivity index (χ1) is 16.9. The summed E-state index contributed by atoms with van der Waals surface area (Å²) in [6.45, 7) is 2.59. The molecule has 0 saturated heterocycles. The molecule has 1 aliphatic rings. The number of sulfonamides is 1. The highest BCUT2D eigenvalue weighted by atomic mass is 32.2. The lowest BCUT2D eigenvalue weighted by Gasteiger charge is -2.20. The van der Waals surface area contributed by atoms with Gasteiger partial charge in [0.05, 0.1) is 10.5 Å². The van der Waals surface area contributed by atoms with Crippen LogP contribution in [0.25, 0.3) is 0 Å². The first kappa shape index (κ1) is 24.1. The van der Waals surface area contributed by atoms with E-state index in [-0.39, 0.29) is 22.1 Å². The Morgan fingerprint density at radius 3 is 2.31 bits per heavy atom. The third kappa shape index (κ3) is 5.72. The van der Waals surface area contributed by atoms with Gasteiger partial charge in [-0.15, -0.1) is 0 Å². The number of rotatable bonds is 8. The maximum atomic E-state index is 12.8. The fourth-order valence-electron chi connectivity index (χ4n) is 3.48. The first-order valence-corrected chi connectivity index (χ1v) is 12.4. The number of amides is 1. The topological polar surface area (TPSA) is 111 Å². The van der Waals surface area contributed by atoms with E-state index in [0.717, 1.165) is 0 Å². The molecule has 0 saturated carbocycles. The molecule has 0 atom stereocenters. The first-order valence-electron chi connectivity index (χ1n) is 10.9. The van der Waals surface area contributed by atoms with Gasteiger partial charge in [0, 0.05) is 24.0 Å². The fraction of sp³-hybridized carbons (Fsp3) is 0.200. The third-order valence-electron chi connectivity index (χ3n) is 5.21. The fourth-order valence-corrected chi connectivity index (χ4v) is 4.55. The maximum absolute atomic E-state index is 12.8. The summed E-state index contributed by atoms with van der Waals surface area (Å²) in [5.74, 6) is -0.192. The van der Waals surface area contributed by atoms with Crippen molar-refractivity contribution in [2.75, 3.05) is 36.0 Å². The van der Waals surface area contributed by atoms with Crippen molar-refractivity contribution in [2.24, 2.45) is 0 Å². The van der Waals surface area contributed by atoms with Gasteiger partial charge in [-0.2, -0.15) is 0 Å². The molecule has 182 valence electrons. The van der Waals surface area contributed by atoms with E-state index in [0.29, 0.717) is 36.9 Å². The highest BCUT2D eigenvalue weighted by Gasteiger charge is 2.20. The van der Waals surface area contributed by atoms with Gasteiger partial charge in [-0.25, -0.2) is 13.2 Å². The zero-order valence-corrected chi connectivity index (χ0v) is 19.8. The van der Waals surface area contributed by atoms with Crippen LogP contribution >= 0.6 is 0 Å². The van der Waals surface area contributed by atoms with Crippen LogP contribution in [0.4, 0.5) is 11.4 Å². The summed E-state index contributed by atoms with van der Waals surface area (Å²) < 4.78 is 44.0. The predicted molar refractivity (Wildman–Crippen MR) is 129 cm³/mol. The van der Waals surface area contributed by atoms with E-state index in [4.69, 9.17) is 14.2 Å². The smallest absolute Gasteiger partial charge is 0.338 e. The van der Waals surface area contributed by atoms with Crippen molar-refractivity contribution in [1.82, 2.24) is 0 Å². The molecule has 0 radical (unpaired) electrons. The van der Waals surface area contributed by atoms with Gasteiger partial charge in [0.25, 0.3) is 15.9 Å². The molecule has 9 nitrogen and oxygen atoms in total. The quantitative estimate of drug-likeness (QED) is 0.476. The number of anilines is 2. The van der Waals surface area contributed by atoms with Gasteiger partial charge in [0.2, 0.25) is 0 Å². The van der Waals surface area contributed by atoms with Crippen LogP contribution < -0.4 is 19.1 Å². The number of carbonyl (C=O) groups excluding carboxylic acids is 2. The van der Waals surface area contributed by atoms with Crippen LogP contribution in [0.3, 0.4) is 0 Å². The number of ether oxygens (including phenoxy) is 3. The lowest BCUT2D eigenvalue weighted by atomic mass is 10.2. The van der Waals surface area contributed by atoms with Gasteiger partial charge in [0.15, 0.2) is 18.1 Å². The zero-order valence-electron chi connectivity index (χ0n) is 19.0. The van der Waals surface area contributed by atoms with Crippen molar-refractivity contribution >= 4 is 33.3 Å². The van der Waals surface area contributed by atoms with Gasteiger partial charge >= 0.3 is 5.97 Å². The second-order valence-electron chi connectivity index (χ2n) is 7.54. The molecule has 1 amide bonds. The molecule has 1 heterocycles. The molecule has 0 fully saturated rings. The van der Waals surface area contributed by atoms with Gasteiger partial charge in [-0.3, -0.25) is 9.52 Å². The molecule has 0 unspecified atom stereocenters. The van der Waals surface area contributed by atoms with Crippen LogP contribution in [0.5, 0.6) is 11.5 Å². The Balaban J connectivity index is 1.37. The molecule has 35 heavy (non-hydrogen) atoms. The van der Waals surface area contributed by atoms with E-state index in [9.17, 15) is 18.0 Å². The van der Waals surface area contributed by atoms with Gasteiger partial charge < -0.3 is 19.1 Å². The monoisotopic (exact) mass is 496 g/mol. The summed E-state index contributed by atoms with van der Waals surface area (Å²) >= 11 is 0. The average molecular weight is 497 g/mol. The van der Waals surface area contributed by atoms with Crippen molar-refractivity contribution in [3.05, 3.63) is 78.4 Å². The van der Waals surface area contributed by atoms with E-state index in [1.54, 1.807) is 18.2 Å². The second-order valence-corrected chi connectivity index (χ2v) is 9.22.